The molecule has 2 heterocycles. The fourth-order valence-electron chi connectivity index (χ4n) is 3.03. The van der Waals surface area contributed by atoms with Crippen LogP contribution < -0.4 is 26.8 Å². The van der Waals surface area contributed by atoms with E-state index in [1.54, 1.807) is 4.90 Å². The first-order valence-electron chi connectivity index (χ1n) is 8.40. The number of H-pyrrole nitrogens is 1. The summed E-state index contributed by atoms with van der Waals surface area (Å²) in [4.78, 5) is 43.4. The third-order valence-corrected chi connectivity index (χ3v) is 4.33. The highest BCUT2D eigenvalue weighted by atomic mass is 16.4. The lowest BCUT2D eigenvalue weighted by molar-refractivity contribution is -0.124. The molecule has 1 aliphatic rings. The molecule has 1 atom stereocenters. The van der Waals surface area contributed by atoms with Gasteiger partial charge in [0.2, 0.25) is 11.9 Å². The van der Waals surface area contributed by atoms with Crippen LogP contribution in [0.4, 0.5) is 22.2 Å². The molecule has 1 aromatic heterocycles. The van der Waals surface area contributed by atoms with Crippen molar-refractivity contribution >= 4 is 29.5 Å². The van der Waals surface area contributed by atoms with Crippen LogP contribution in [0, 0.1) is 5.92 Å². The molecule has 10 nitrogen and oxygen atoms in total. The monoisotopic (exact) mass is 372 g/mol. The minimum Gasteiger partial charge on any atom is -0.465 e. The smallest absolute Gasteiger partial charge is 0.411 e. The number of aryl methyl sites for hydroxylation is 1. The van der Waals surface area contributed by atoms with Crippen LogP contribution >= 0.6 is 0 Å². The highest BCUT2D eigenvalue weighted by Crippen LogP contribution is 2.27. The number of hydrogen-bond donors (Lipinski definition) is 5. The normalized spacial score (nSPS) is 13.6. The number of fused-ring (bicyclic) bond motifs is 1. The maximum atomic E-state index is 12.4. The molecule has 1 unspecified atom stereocenters. The zero-order valence-corrected chi connectivity index (χ0v) is 14.4. The van der Waals surface area contributed by atoms with E-state index in [-0.39, 0.29) is 24.8 Å². The van der Waals surface area contributed by atoms with Crippen LogP contribution in [0.2, 0.25) is 0 Å². The minimum atomic E-state index is -1.40. The molecule has 142 valence electrons. The SMILES string of the molecule is Nc1nc2c(c(=O)[nH]1)NCN2CC(CCc1ccccc1)C(=O)NC(=O)O. The summed E-state index contributed by atoms with van der Waals surface area (Å²) >= 11 is 0. The number of nitrogens with two attached hydrogens (primary N) is 1. The number of benzene rings is 1. The lowest BCUT2D eigenvalue weighted by Gasteiger charge is -2.23. The highest BCUT2D eigenvalue weighted by molar-refractivity contribution is 5.92. The number of amides is 2. The second-order valence-electron chi connectivity index (χ2n) is 6.22. The number of nitrogens with zero attached hydrogens (tertiary/aromatic N) is 2. The number of imide groups is 1. The molecule has 3 rings (SSSR count). The Morgan fingerprint density at radius 1 is 1.33 bits per heavy atom. The Balaban J connectivity index is 1.77. The predicted octanol–water partition coefficient (Wildman–Crippen LogP) is 0.585. The first-order valence-corrected chi connectivity index (χ1v) is 8.40. The number of nitrogen functional groups attached to an aromatic ring is 1. The zero-order chi connectivity index (χ0) is 19.4. The van der Waals surface area contributed by atoms with Gasteiger partial charge in [0, 0.05) is 6.54 Å². The average molecular weight is 372 g/mol. The minimum absolute atomic E-state index is 0.0247. The standard InChI is InChI=1S/C17H20N6O4/c18-16-20-13-12(15(25)21-16)19-9-23(13)8-11(14(24)22-17(26)27)7-6-10-4-2-1-3-5-10/h1-5,11,19H,6-9H2,(H,22,24)(H,26,27)(H3,18,20,21,25). The van der Waals surface area contributed by atoms with Crippen molar-refractivity contribution in [3.63, 3.8) is 0 Å². The summed E-state index contributed by atoms with van der Waals surface area (Å²) < 4.78 is 0. The van der Waals surface area contributed by atoms with Gasteiger partial charge in [-0.2, -0.15) is 4.98 Å². The van der Waals surface area contributed by atoms with Crippen LogP contribution in [0.5, 0.6) is 0 Å². The van der Waals surface area contributed by atoms with Crippen LogP contribution in [-0.2, 0) is 11.2 Å². The fourth-order valence-corrected chi connectivity index (χ4v) is 3.03. The molecule has 2 amide bonds. The van der Waals surface area contributed by atoms with Gasteiger partial charge in [0.1, 0.15) is 5.69 Å². The van der Waals surface area contributed by atoms with E-state index in [0.29, 0.717) is 18.7 Å². The van der Waals surface area contributed by atoms with E-state index < -0.39 is 23.5 Å². The number of carbonyl (C=O) groups is 2. The molecule has 6 N–H and O–H groups in total. The Bertz CT molecular complexity index is 898. The summed E-state index contributed by atoms with van der Waals surface area (Å²) in [6.07, 6.45) is -0.353. The molecule has 0 aliphatic carbocycles. The van der Waals surface area contributed by atoms with Gasteiger partial charge >= 0.3 is 6.09 Å². The molecule has 0 bridgehead atoms. The second kappa shape index (κ2) is 7.77. The third kappa shape index (κ3) is 4.35. The lowest BCUT2D eigenvalue weighted by Crippen LogP contribution is -2.41. The Hall–Kier alpha value is -3.56. The molecule has 0 fully saturated rings. The number of aromatic amines is 1. The number of anilines is 3. The predicted molar refractivity (Wildman–Crippen MR) is 99.5 cm³/mol. The van der Waals surface area contributed by atoms with Crippen molar-refractivity contribution in [2.24, 2.45) is 5.92 Å². The fraction of sp³-hybridized carbons (Fsp3) is 0.294. The van der Waals surface area contributed by atoms with E-state index in [4.69, 9.17) is 10.8 Å². The van der Waals surface area contributed by atoms with Gasteiger partial charge in [-0.15, -0.1) is 0 Å². The van der Waals surface area contributed by atoms with Gasteiger partial charge in [-0.05, 0) is 18.4 Å². The van der Waals surface area contributed by atoms with Crippen LogP contribution in [0.25, 0.3) is 0 Å². The molecule has 0 saturated carbocycles. The van der Waals surface area contributed by atoms with Crippen molar-refractivity contribution in [2.45, 2.75) is 12.8 Å². The summed E-state index contributed by atoms with van der Waals surface area (Å²) in [5, 5.41) is 13.7. The zero-order valence-electron chi connectivity index (χ0n) is 14.4. The summed E-state index contributed by atoms with van der Waals surface area (Å²) in [5.41, 5.74) is 6.54. The highest BCUT2D eigenvalue weighted by Gasteiger charge is 2.29. The van der Waals surface area contributed by atoms with E-state index in [0.717, 1.165) is 5.56 Å². The van der Waals surface area contributed by atoms with E-state index in [1.807, 2.05) is 35.6 Å². The van der Waals surface area contributed by atoms with Gasteiger partial charge in [-0.25, -0.2) is 4.79 Å². The average Bonchev–Trinajstić information content (AvgIpc) is 3.01. The number of hydrogen-bond acceptors (Lipinski definition) is 7. The second-order valence-corrected chi connectivity index (χ2v) is 6.22. The number of aromatic nitrogens is 2. The molecular weight excluding hydrogens is 352 g/mol. The molecule has 0 saturated heterocycles. The summed E-state index contributed by atoms with van der Waals surface area (Å²) in [6, 6.07) is 9.60. The van der Waals surface area contributed by atoms with Crippen LogP contribution in [0.15, 0.2) is 35.1 Å². The van der Waals surface area contributed by atoms with Crippen molar-refractivity contribution in [3.8, 4) is 0 Å². The van der Waals surface area contributed by atoms with E-state index in [1.165, 1.54) is 0 Å². The summed E-state index contributed by atoms with van der Waals surface area (Å²) in [7, 11) is 0. The lowest BCUT2D eigenvalue weighted by atomic mass is 9.98. The molecule has 1 aromatic carbocycles. The van der Waals surface area contributed by atoms with E-state index in [9.17, 15) is 14.4 Å². The molecule has 27 heavy (non-hydrogen) atoms. The number of carbonyl (C=O) groups excluding carboxylic acids is 1. The third-order valence-electron chi connectivity index (χ3n) is 4.33. The molecule has 10 heteroatoms. The quantitative estimate of drug-likeness (QED) is 0.493. The largest absolute Gasteiger partial charge is 0.465 e. The summed E-state index contributed by atoms with van der Waals surface area (Å²) in [6.45, 7) is 0.471. The Morgan fingerprint density at radius 3 is 2.78 bits per heavy atom. The van der Waals surface area contributed by atoms with Crippen molar-refractivity contribution in [1.29, 1.82) is 0 Å². The van der Waals surface area contributed by atoms with Crippen molar-refractivity contribution < 1.29 is 14.7 Å². The maximum absolute atomic E-state index is 12.4. The van der Waals surface area contributed by atoms with Gasteiger partial charge < -0.3 is 21.1 Å². The molecule has 0 radical (unpaired) electrons. The Kier molecular flexibility index (Phi) is 5.25. The van der Waals surface area contributed by atoms with Crippen LogP contribution in [0.1, 0.15) is 12.0 Å². The molecule has 2 aromatic rings. The first kappa shape index (κ1) is 18.2. The van der Waals surface area contributed by atoms with Crippen LogP contribution in [-0.4, -0.2) is 40.3 Å². The van der Waals surface area contributed by atoms with Crippen LogP contribution in [0.3, 0.4) is 0 Å². The van der Waals surface area contributed by atoms with Gasteiger partial charge in [0.05, 0.1) is 12.6 Å². The molecular formula is C17H20N6O4. The van der Waals surface area contributed by atoms with Gasteiger partial charge in [0.25, 0.3) is 5.56 Å². The number of rotatable bonds is 6. The van der Waals surface area contributed by atoms with Gasteiger partial charge in [0.15, 0.2) is 5.82 Å². The topological polar surface area (TPSA) is 153 Å². The Labute approximate surface area is 154 Å². The summed E-state index contributed by atoms with van der Waals surface area (Å²) in [5.74, 6) is -0.881. The maximum Gasteiger partial charge on any atom is 0.411 e. The molecule has 0 spiro atoms. The first-order chi connectivity index (χ1) is 12.9. The number of nitrogens with one attached hydrogen (secondary N) is 3. The van der Waals surface area contributed by atoms with E-state index in [2.05, 4.69) is 15.3 Å². The van der Waals surface area contributed by atoms with Crippen molar-refractivity contribution in [2.75, 3.05) is 29.2 Å². The van der Waals surface area contributed by atoms with Gasteiger partial charge in [-0.3, -0.25) is 19.9 Å². The van der Waals surface area contributed by atoms with Crippen molar-refractivity contribution in [1.82, 2.24) is 15.3 Å². The number of carboxylic acid groups (broad SMARTS) is 1. The van der Waals surface area contributed by atoms with Gasteiger partial charge in [-0.1, -0.05) is 30.3 Å². The van der Waals surface area contributed by atoms with E-state index >= 15 is 0 Å². The van der Waals surface area contributed by atoms with Crippen molar-refractivity contribution in [3.05, 3.63) is 46.2 Å². The Morgan fingerprint density at radius 2 is 2.07 bits per heavy atom. The molecule has 1 aliphatic heterocycles.